The Balaban J connectivity index is 4.77. The molecule has 0 amide bonds. The summed E-state index contributed by atoms with van der Waals surface area (Å²) < 4.78 is 5.44. The van der Waals surface area contributed by atoms with E-state index in [1.54, 1.807) is 0 Å². The molecular weight excluding hydrogens is 232 g/mol. The summed E-state index contributed by atoms with van der Waals surface area (Å²) in [5.74, 6) is -1.72. The third-order valence-corrected chi connectivity index (χ3v) is 2.48. The van der Waals surface area contributed by atoms with E-state index in [9.17, 15) is 9.59 Å². The van der Waals surface area contributed by atoms with Crippen molar-refractivity contribution in [1.29, 1.82) is 0 Å². The quantitative estimate of drug-likeness (QED) is 0.620. The number of carboxylic acid groups (broad SMARTS) is 1. The number of rotatable bonds is 4. The minimum absolute atomic E-state index is 0.151. The molecule has 0 rings (SSSR count). The fraction of sp³-hybridized carbons (Fsp3) is 0.714. The van der Waals surface area contributed by atoms with Gasteiger partial charge in [-0.1, -0.05) is 48.1 Å². The van der Waals surface area contributed by atoms with Gasteiger partial charge in [-0.2, -0.15) is 0 Å². The van der Waals surface area contributed by atoms with E-state index in [1.165, 1.54) is 0 Å². The summed E-state index contributed by atoms with van der Waals surface area (Å²) in [4.78, 5) is 22.3. The van der Waals surface area contributed by atoms with Gasteiger partial charge in [0.15, 0.2) is 0 Å². The summed E-state index contributed by atoms with van der Waals surface area (Å²) in [6, 6.07) is 0. The van der Waals surface area contributed by atoms with Crippen molar-refractivity contribution in [2.75, 3.05) is 0 Å². The van der Waals surface area contributed by atoms with Gasteiger partial charge in [-0.05, 0) is 10.8 Å². The van der Waals surface area contributed by atoms with Gasteiger partial charge in [-0.25, -0.2) is 4.79 Å². The Morgan fingerprint density at radius 1 is 1.11 bits per heavy atom. The van der Waals surface area contributed by atoms with Gasteiger partial charge in [0, 0.05) is 5.57 Å². The number of hydrogen-bond acceptors (Lipinski definition) is 3. The lowest BCUT2D eigenvalue weighted by molar-refractivity contribution is -0.163. The van der Waals surface area contributed by atoms with E-state index in [0.29, 0.717) is 0 Å². The molecule has 0 aromatic rings. The fourth-order valence-corrected chi connectivity index (χ4v) is 2.08. The summed E-state index contributed by atoms with van der Waals surface area (Å²) in [6.07, 6.45) is -0.572. The topological polar surface area (TPSA) is 63.6 Å². The number of esters is 1. The van der Waals surface area contributed by atoms with E-state index in [2.05, 4.69) is 6.58 Å². The lowest BCUT2D eigenvalue weighted by Crippen LogP contribution is -2.42. The molecule has 104 valence electrons. The highest BCUT2D eigenvalue weighted by Gasteiger charge is 2.38. The van der Waals surface area contributed by atoms with Gasteiger partial charge in [0.1, 0.15) is 6.10 Å². The van der Waals surface area contributed by atoms with Crippen LogP contribution in [0.5, 0.6) is 0 Å². The van der Waals surface area contributed by atoms with Crippen LogP contribution in [0.2, 0.25) is 0 Å². The summed E-state index contributed by atoms with van der Waals surface area (Å²) in [5.41, 5.74) is -0.571. The molecule has 0 fully saturated rings. The lowest BCUT2D eigenvalue weighted by Gasteiger charge is -2.39. The Hall–Kier alpha value is -1.32. The third kappa shape index (κ3) is 5.34. The van der Waals surface area contributed by atoms with Gasteiger partial charge in [0.25, 0.3) is 0 Å². The largest absolute Gasteiger partial charge is 0.478 e. The average Bonchev–Trinajstić information content (AvgIpc) is 2.10. The molecule has 0 aliphatic rings. The van der Waals surface area contributed by atoms with Crippen molar-refractivity contribution in [1.82, 2.24) is 0 Å². The second kappa shape index (κ2) is 5.55. The van der Waals surface area contributed by atoms with Gasteiger partial charge in [-0.3, -0.25) is 4.79 Å². The van der Waals surface area contributed by atoms with E-state index in [4.69, 9.17) is 9.84 Å². The molecule has 4 nitrogen and oxygen atoms in total. The monoisotopic (exact) mass is 256 g/mol. The average molecular weight is 256 g/mol. The van der Waals surface area contributed by atoms with Crippen LogP contribution in [-0.4, -0.2) is 23.1 Å². The van der Waals surface area contributed by atoms with Crippen molar-refractivity contribution in [2.24, 2.45) is 10.8 Å². The summed E-state index contributed by atoms with van der Waals surface area (Å²) in [7, 11) is 0. The fourth-order valence-electron chi connectivity index (χ4n) is 2.08. The first-order valence-electron chi connectivity index (χ1n) is 5.96. The normalized spacial score (nSPS) is 12.4. The van der Waals surface area contributed by atoms with Crippen LogP contribution >= 0.6 is 0 Å². The van der Waals surface area contributed by atoms with Crippen molar-refractivity contribution in [3.05, 3.63) is 12.2 Å². The predicted molar refractivity (Wildman–Crippen MR) is 70.2 cm³/mol. The zero-order valence-corrected chi connectivity index (χ0v) is 12.2. The highest BCUT2D eigenvalue weighted by molar-refractivity contribution is 5.91. The van der Waals surface area contributed by atoms with Gasteiger partial charge < -0.3 is 9.84 Å². The molecule has 0 aromatic carbocycles. The number of aliphatic carboxylic acids is 1. The molecule has 0 unspecified atom stereocenters. The second-order valence-electron chi connectivity index (χ2n) is 6.69. The standard InChI is InChI=1S/C14H24O4/c1-9(11(16)17)8-10(15)18-12(13(2,3)4)14(5,6)7/h12H,1,8H2,2-7H3,(H,16,17). The Bertz CT molecular complexity index is 328. The van der Waals surface area contributed by atoms with E-state index in [0.717, 1.165) is 0 Å². The molecule has 0 saturated heterocycles. The Labute approximate surface area is 109 Å². The molecule has 0 saturated carbocycles. The van der Waals surface area contributed by atoms with Crippen LogP contribution in [0.4, 0.5) is 0 Å². The number of hydrogen-bond donors (Lipinski definition) is 1. The van der Waals surface area contributed by atoms with Crippen LogP contribution < -0.4 is 0 Å². The molecule has 18 heavy (non-hydrogen) atoms. The molecule has 0 radical (unpaired) electrons. The second-order valence-corrected chi connectivity index (χ2v) is 6.69. The smallest absolute Gasteiger partial charge is 0.331 e. The molecule has 0 aromatic heterocycles. The molecule has 4 heteroatoms. The summed E-state index contributed by atoms with van der Waals surface area (Å²) >= 11 is 0. The van der Waals surface area contributed by atoms with Crippen LogP contribution in [0, 0.1) is 10.8 Å². The SMILES string of the molecule is C=C(CC(=O)OC(C(C)(C)C)C(C)(C)C)C(=O)O. The van der Waals surface area contributed by atoms with Crippen LogP contribution in [0.3, 0.4) is 0 Å². The minimum atomic E-state index is -1.17. The van der Waals surface area contributed by atoms with Crippen molar-refractivity contribution in [2.45, 2.75) is 54.1 Å². The predicted octanol–water partition coefficient (Wildman–Crippen LogP) is 3.02. The van der Waals surface area contributed by atoms with E-state index < -0.39 is 11.9 Å². The number of carboxylic acids is 1. The van der Waals surface area contributed by atoms with Crippen molar-refractivity contribution >= 4 is 11.9 Å². The minimum Gasteiger partial charge on any atom is -0.478 e. The molecule has 0 aliphatic carbocycles. The van der Waals surface area contributed by atoms with Crippen LogP contribution in [-0.2, 0) is 14.3 Å². The summed E-state index contributed by atoms with van der Waals surface area (Å²) in [5, 5.41) is 8.68. The molecule has 1 N–H and O–H groups in total. The van der Waals surface area contributed by atoms with Gasteiger partial charge in [-0.15, -0.1) is 0 Å². The van der Waals surface area contributed by atoms with Crippen LogP contribution in [0.25, 0.3) is 0 Å². The van der Waals surface area contributed by atoms with Crippen LogP contribution in [0.15, 0.2) is 12.2 Å². The third-order valence-electron chi connectivity index (χ3n) is 2.48. The van der Waals surface area contributed by atoms with Crippen molar-refractivity contribution < 1.29 is 19.4 Å². The Kier molecular flexibility index (Phi) is 5.14. The molecule has 0 heterocycles. The Morgan fingerprint density at radius 2 is 1.50 bits per heavy atom. The van der Waals surface area contributed by atoms with Crippen molar-refractivity contribution in [3.63, 3.8) is 0 Å². The lowest BCUT2D eigenvalue weighted by atomic mass is 9.74. The maximum atomic E-state index is 11.7. The Morgan fingerprint density at radius 3 is 1.78 bits per heavy atom. The molecule has 0 spiro atoms. The first kappa shape index (κ1) is 16.7. The molecule has 0 aliphatic heterocycles. The molecular formula is C14H24O4. The zero-order valence-electron chi connectivity index (χ0n) is 12.2. The first-order chi connectivity index (χ1) is 7.85. The van der Waals surface area contributed by atoms with E-state index in [-0.39, 0.29) is 28.9 Å². The number of carbonyl (C=O) groups excluding carboxylic acids is 1. The van der Waals surface area contributed by atoms with Gasteiger partial charge in [0.05, 0.1) is 6.42 Å². The zero-order chi connectivity index (χ0) is 14.7. The van der Waals surface area contributed by atoms with E-state index >= 15 is 0 Å². The maximum absolute atomic E-state index is 11.7. The molecule has 0 atom stereocenters. The highest BCUT2D eigenvalue weighted by atomic mass is 16.5. The summed E-state index contributed by atoms with van der Waals surface area (Å²) in [6.45, 7) is 15.3. The first-order valence-corrected chi connectivity index (χ1v) is 5.96. The van der Waals surface area contributed by atoms with Gasteiger partial charge >= 0.3 is 11.9 Å². The highest BCUT2D eigenvalue weighted by Crippen LogP contribution is 2.36. The van der Waals surface area contributed by atoms with Gasteiger partial charge in [0.2, 0.25) is 0 Å². The molecule has 0 bridgehead atoms. The number of carbonyl (C=O) groups is 2. The van der Waals surface area contributed by atoms with Crippen molar-refractivity contribution in [3.8, 4) is 0 Å². The van der Waals surface area contributed by atoms with E-state index in [1.807, 2.05) is 41.5 Å². The maximum Gasteiger partial charge on any atom is 0.331 e. The van der Waals surface area contributed by atoms with Crippen LogP contribution in [0.1, 0.15) is 48.0 Å². The number of ether oxygens (including phenoxy) is 1.